The first-order valence-electron chi connectivity index (χ1n) is 5.84. The molecule has 0 saturated carbocycles. The van der Waals surface area contributed by atoms with Gasteiger partial charge in [0.05, 0.1) is 19.4 Å². The van der Waals surface area contributed by atoms with Crippen LogP contribution in [0.4, 0.5) is 0 Å². The average molecular weight is 230 g/mol. The van der Waals surface area contributed by atoms with Gasteiger partial charge in [0.25, 0.3) is 0 Å². The Kier molecular flexibility index (Phi) is 6.77. The molecule has 0 amide bonds. The van der Waals surface area contributed by atoms with Gasteiger partial charge < -0.3 is 9.47 Å². The van der Waals surface area contributed by atoms with Crippen LogP contribution in [0.15, 0.2) is 0 Å². The molecule has 0 radical (unpaired) electrons. The molecule has 0 aliphatic rings. The molecule has 0 aromatic rings. The van der Waals surface area contributed by atoms with Gasteiger partial charge in [-0.15, -0.1) is 0 Å². The van der Waals surface area contributed by atoms with Crippen molar-refractivity contribution in [3.63, 3.8) is 0 Å². The number of hydrogen-bond acceptors (Lipinski definition) is 4. The quantitative estimate of drug-likeness (QED) is 0.630. The largest absolute Gasteiger partial charge is 0.466 e. The summed E-state index contributed by atoms with van der Waals surface area (Å²) >= 11 is 0. The maximum absolute atomic E-state index is 11.5. The third-order valence-corrected chi connectivity index (χ3v) is 2.69. The molecule has 4 heteroatoms. The van der Waals surface area contributed by atoms with Gasteiger partial charge in [0, 0.05) is 0 Å². The molecular weight excluding hydrogens is 208 g/mol. The van der Waals surface area contributed by atoms with Gasteiger partial charge in [-0.1, -0.05) is 13.8 Å². The average Bonchev–Trinajstić information content (AvgIpc) is 2.26. The molecule has 0 saturated heterocycles. The van der Waals surface area contributed by atoms with Crippen LogP contribution in [0.2, 0.25) is 0 Å². The van der Waals surface area contributed by atoms with Crippen LogP contribution in [0.5, 0.6) is 0 Å². The van der Waals surface area contributed by atoms with Crippen molar-refractivity contribution < 1.29 is 19.1 Å². The van der Waals surface area contributed by atoms with Crippen molar-refractivity contribution in [1.82, 2.24) is 0 Å². The summed E-state index contributed by atoms with van der Waals surface area (Å²) in [5.74, 6) is -0.687. The zero-order valence-corrected chi connectivity index (χ0v) is 10.7. The molecule has 0 N–H and O–H groups in total. The van der Waals surface area contributed by atoms with Gasteiger partial charge in [0.2, 0.25) is 0 Å². The van der Waals surface area contributed by atoms with Crippen LogP contribution >= 0.6 is 0 Å². The Balaban J connectivity index is 3.95. The van der Waals surface area contributed by atoms with Crippen molar-refractivity contribution >= 4 is 11.9 Å². The summed E-state index contributed by atoms with van der Waals surface area (Å²) in [6, 6.07) is 0. The summed E-state index contributed by atoms with van der Waals surface area (Å²) in [5, 5.41) is 0. The van der Waals surface area contributed by atoms with Crippen molar-refractivity contribution in [1.29, 1.82) is 0 Å². The van der Waals surface area contributed by atoms with Crippen LogP contribution in [0.3, 0.4) is 0 Å². The molecular formula is C12H22O4. The second-order valence-corrected chi connectivity index (χ2v) is 3.94. The van der Waals surface area contributed by atoms with Crippen LogP contribution in [-0.4, -0.2) is 24.1 Å². The number of carbonyl (C=O) groups is 2. The van der Waals surface area contributed by atoms with E-state index in [2.05, 4.69) is 0 Å². The minimum atomic E-state index is -0.411. The van der Waals surface area contributed by atoms with Crippen molar-refractivity contribution in [2.24, 2.45) is 0 Å². The predicted molar refractivity (Wildman–Crippen MR) is 60.9 cm³/mol. The van der Waals surface area contributed by atoms with Gasteiger partial charge in [-0.25, -0.2) is 0 Å². The highest BCUT2D eigenvalue weighted by molar-refractivity contribution is 5.77. The lowest BCUT2D eigenvalue weighted by Gasteiger charge is -2.26. The molecule has 0 fully saturated rings. The monoisotopic (exact) mass is 230 g/mol. The molecule has 0 aromatic carbocycles. The number of carbonyl (C=O) groups excluding carboxylic acids is 2. The Morgan fingerprint density at radius 3 is 1.94 bits per heavy atom. The summed E-state index contributed by atoms with van der Waals surface area (Å²) in [6.45, 7) is 7.93. The first-order valence-corrected chi connectivity index (χ1v) is 5.84. The van der Waals surface area contributed by atoms with E-state index >= 15 is 0 Å². The van der Waals surface area contributed by atoms with E-state index in [1.165, 1.54) is 0 Å². The maximum atomic E-state index is 11.5. The molecule has 0 atom stereocenters. The van der Waals surface area contributed by atoms with Gasteiger partial charge in [-0.3, -0.25) is 9.59 Å². The number of esters is 2. The third kappa shape index (κ3) is 5.73. The fraction of sp³-hybridized carbons (Fsp3) is 0.833. The second kappa shape index (κ2) is 7.25. The molecule has 0 rings (SSSR count). The van der Waals surface area contributed by atoms with E-state index in [0.717, 1.165) is 12.8 Å². The zero-order valence-electron chi connectivity index (χ0n) is 10.7. The molecule has 0 bridgehead atoms. The Morgan fingerprint density at radius 2 is 1.50 bits per heavy atom. The van der Waals surface area contributed by atoms with E-state index < -0.39 is 5.60 Å². The van der Waals surface area contributed by atoms with Gasteiger partial charge in [0.1, 0.15) is 5.60 Å². The minimum Gasteiger partial charge on any atom is -0.466 e. The summed E-state index contributed by atoms with van der Waals surface area (Å²) in [7, 11) is 0. The van der Waals surface area contributed by atoms with E-state index in [0.29, 0.717) is 6.61 Å². The molecule has 4 nitrogen and oxygen atoms in total. The maximum Gasteiger partial charge on any atom is 0.306 e. The smallest absolute Gasteiger partial charge is 0.306 e. The zero-order chi connectivity index (χ0) is 12.6. The summed E-state index contributed by atoms with van der Waals surface area (Å²) < 4.78 is 10.0. The van der Waals surface area contributed by atoms with Crippen LogP contribution in [0, 0.1) is 0 Å². The van der Waals surface area contributed by atoms with Crippen molar-refractivity contribution in [3.8, 4) is 0 Å². The lowest BCUT2D eigenvalue weighted by molar-refractivity contribution is -0.161. The summed E-state index contributed by atoms with van der Waals surface area (Å²) in [4.78, 5) is 22.5. The number of ether oxygens (including phenoxy) is 2. The highest BCUT2D eigenvalue weighted by Gasteiger charge is 2.24. The first kappa shape index (κ1) is 14.9. The third-order valence-electron chi connectivity index (χ3n) is 2.69. The Labute approximate surface area is 97.3 Å². The fourth-order valence-corrected chi connectivity index (χ4v) is 1.16. The van der Waals surface area contributed by atoms with Gasteiger partial charge in [-0.05, 0) is 26.7 Å². The SMILES string of the molecule is CCOC(=O)CCC(=O)OC(C)(CC)CC. The van der Waals surface area contributed by atoms with Crippen molar-refractivity contribution in [3.05, 3.63) is 0 Å². The molecule has 16 heavy (non-hydrogen) atoms. The first-order chi connectivity index (χ1) is 7.47. The van der Waals surface area contributed by atoms with Gasteiger partial charge in [0.15, 0.2) is 0 Å². The number of rotatable bonds is 7. The van der Waals surface area contributed by atoms with Crippen LogP contribution < -0.4 is 0 Å². The fourth-order valence-electron chi connectivity index (χ4n) is 1.16. The van der Waals surface area contributed by atoms with Crippen LogP contribution in [0.1, 0.15) is 53.4 Å². The van der Waals surface area contributed by atoms with Crippen LogP contribution in [-0.2, 0) is 19.1 Å². The molecule has 0 aromatic heterocycles. The van der Waals surface area contributed by atoms with Gasteiger partial charge >= 0.3 is 11.9 Å². The van der Waals surface area contributed by atoms with Gasteiger partial charge in [-0.2, -0.15) is 0 Å². The lowest BCUT2D eigenvalue weighted by Crippen LogP contribution is -2.30. The normalized spacial score (nSPS) is 11.0. The van der Waals surface area contributed by atoms with E-state index in [9.17, 15) is 9.59 Å². The molecule has 0 unspecified atom stereocenters. The Hall–Kier alpha value is -1.06. The summed E-state index contributed by atoms with van der Waals surface area (Å²) in [5.41, 5.74) is -0.411. The van der Waals surface area contributed by atoms with Crippen molar-refractivity contribution in [2.75, 3.05) is 6.61 Å². The predicted octanol–water partition coefficient (Wildman–Crippen LogP) is 2.45. The highest BCUT2D eigenvalue weighted by Crippen LogP contribution is 2.20. The standard InChI is InChI=1S/C12H22O4/c1-5-12(4,6-2)16-11(14)9-8-10(13)15-7-3/h5-9H2,1-4H3. The lowest BCUT2D eigenvalue weighted by atomic mass is 10.0. The molecule has 0 aliphatic carbocycles. The molecule has 0 heterocycles. The Morgan fingerprint density at radius 1 is 1.00 bits per heavy atom. The number of hydrogen-bond donors (Lipinski definition) is 0. The van der Waals surface area contributed by atoms with Crippen LogP contribution in [0.25, 0.3) is 0 Å². The minimum absolute atomic E-state index is 0.0917. The Bertz CT molecular complexity index is 231. The van der Waals surface area contributed by atoms with E-state index in [1.54, 1.807) is 6.92 Å². The molecule has 0 spiro atoms. The van der Waals surface area contributed by atoms with Crippen molar-refractivity contribution in [2.45, 2.75) is 59.0 Å². The summed E-state index contributed by atoms with van der Waals surface area (Å²) in [6.07, 6.45) is 1.73. The van der Waals surface area contributed by atoms with E-state index in [-0.39, 0.29) is 24.8 Å². The highest BCUT2D eigenvalue weighted by atomic mass is 16.6. The molecule has 94 valence electrons. The second-order valence-electron chi connectivity index (χ2n) is 3.94. The van der Waals surface area contributed by atoms with E-state index in [1.807, 2.05) is 20.8 Å². The van der Waals surface area contributed by atoms with E-state index in [4.69, 9.17) is 9.47 Å². The molecule has 0 aliphatic heterocycles. The topological polar surface area (TPSA) is 52.6 Å².